The highest BCUT2D eigenvalue weighted by molar-refractivity contribution is 5.97. The van der Waals surface area contributed by atoms with Crippen LogP contribution in [0, 0.1) is 0 Å². The number of nitrogens with one attached hydrogen (secondary N) is 3. The normalized spacial score (nSPS) is 17.2. The molecule has 1 amide bonds. The monoisotopic (exact) mass is 324 g/mol. The van der Waals surface area contributed by atoms with Crippen LogP contribution in [-0.4, -0.2) is 31.7 Å². The van der Waals surface area contributed by atoms with Crippen LogP contribution in [0.1, 0.15) is 12.0 Å². The zero-order valence-corrected chi connectivity index (χ0v) is 13.0. The van der Waals surface area contributed by atoms with E-state index in [1.165, 1.54) is 10.9 Å². The number of hydrogen-bond acceptors (Lipinski definition) is 5. The van der Waals surface area contributed by atoms with E-state index in [1.54, 1.807) is 7.05 Å². The molecule has 1 unspecified atom stereocenters. The fourth-order valence-electron chi connectivity index (χ4n) is 2.91. The number of carbonyl (C=O) groups is 1. The Labute approximate surface area is 136 Å². The predicted molar refractivity (Wildman–Crippen MR) is 89.9 cm³/mol. The van der Waals surface area contributed by atoms with Gasteiger partial charge in [-0.1, -0.05) is 18.2 Å². The number of benzene rings is 1. The molecule has 3 N–H and O–H groups in total. The average molecular weight is 324 g/mol. The van der Waals surface area contributed by atoms with Crippen LogP contribution >= 0.6 is 0 Å². The minimum atomic E-state index is -0.480. The van der Waals surface area contributed by atoms with E-state index in [1.807, 2.05) is 24.3 Å². The van der Waals surface area contributed by atoms with Crippen molar-refractivity contribution >= 4 is 28.6 Å². The molecule has 1 atom stereocenters. The summed E-state index contributed by atoms with van der Waals surface area (Å²) in [5.41, 5.74) is 2.11. The molecule has 0 saturated carbocycles. The van der Waals surface area contributed by atoms with Crippen LogP contribution in [0.4, 0.5) is 11.6 Å². The summed E-state index contributed by atoms with van der Waals surface area (Å²) >= 11 is 0. The smallest absolute Gasteiger partial charge is 0.263 e. The van der Waals surface area contributed by atoms with Gasteiger partial charge in [0.25, 0.3) is 5.56 Å². The van der Waals surface area contributed by atoms with Gasteiger partial charge in [-0.25, -0.2) is 0 Å². The molecule has 0 bridgehead atoms. The van der Waals surface area contributed by atoms with Crippen molar-refractivity contribution in [2.75, 3.05) is 10.6 Å². The molecule has 3 aromatic rings. The molecular formula is C16H16N6O2. The topological polar surface area (TPSA) is 105 Å². The Morgan fingerprint density at radius 3 is 3.00 bits per heavy atom. The molecular weight excluding hydrogens is 308 g/mol. The minimum absolute atomic E-state index is 0.146. The largest absolute Gasteiger partial charge is 0.344 e. The first-order valence-electron chi connectivity index (χ1n) is 7.69. The molecule has 0 saturated heterocycles. The van der Waals surface area contributed by atoms with Crippen LogP contribution in [0.2, 0.25) is 0 Å². The van der Waals surface area contributed by atoms with Crippen molar-refractivity contribution < 1.29 is 4.79 Å². The molecule has 0 fully saturated rings. The Morgan fingerprint density at radius 2 is 2.12 bits per heavy atom. The molecule has 24 heavy (non-hydrogen) atoms. The van der Waals surface area contributed by atoms with Gasteiger partial charge in [0, 0.05) is 12.7 Å². The van der Waals surface area contributed by atoms with E-state index >= 15 is 0 Å². The number of nitrogens with zero attached hydrogens (tertiary/aromatic N) is 3. The maximum Gasteiger partial charge on any atom is 0.263 e. The molecule has 0 radical (unpaired) electrons. The van der Waals surface area contributed by atoms with E-state index in [9.17, 15) is 9.59 Å². The van der Waals surface area contributed by atoms with Gasteiger partial charge in [-0.3, -0.25) is 19.3 Å². The second-order valence-corrected chi connectivity index (χ2v) is 5.80. The number of rotatable bonds is 2. The zero-order valence-electron chi connectivity index (χ0n) is 13.0. The highest BCUT2D eigenvalue weighted by Crippen LogP contribution is 2.22. The summed E-state index contributed by atoms with van der Waals surface area (Å²) < 4.78 is 1.53. The van der Waals surface area contributed by atoms with Gasteiger partial charge < -0.3 is 10.6 Å². The summed E-state index contributed by atoms with van der Waals surface area (Å²) in [7, 11) is 1.72. The number of anilines is 2. The van der Waals surface area contributed by atoms with E-state index in [-0.39, 0.29) is 17.4 Å². The quantitative estimate of drug-likeness (QED) is 0.653. The molecule has 1 aliphatic heterocycles. The van der Waals surface area contributed by atoms with Gasteiger partial charge >= 0.3 is 0 Å². The van der Waals surface area contributed by atoms with E-state index < -0.39 is 6.04 Å². The number of aryl methyl sites for hydroxylation is 2. The summed E-state index contributed by atoms with van der Waals surface area (Å²) in [4.78, 5) is 31.5. The fourth-order valence-corrected chi connectivity index (χ4v) is 2.91. The number of aromatic nitrogens is 4. The van der Waals surface area contributed by atoms with Crippen molar-refractivity contribution in [1.82, 2.24) is 19.7 Å². The van der Waals surface area contributed by atoms with Crippen LogP contribution < -0.4 is 16.2 Å². The van der Waals surface area contributed by atoms with E-state index in [2.05, 4.69) is 25.7 Å². The zero-order chi connectivity index (χ0) is 16.7. The molecule has 8 heteroatoms. The van der Waals surface area contributed by atoms with Crippen molar-refractivity contribution in [3.8, 4) is 0 Å². The molecule has 1 aromatic carbocycles. The van der Waals surface area contributed by atoms with Crippen molar-refractivity contribution in [2.24, 2.45) is 7.05 Å². The molecule has 8 nitrogen and oxygen atoms in total. The summed E-state index contributed by atoms with van der Waals surface area (Å²) in [6, 6.07) is 7.25. The number of aromatic amines is 1. The third kappa shape index (κ3) is 2.41. The van der Waals surface area contributed by atoms with Crippen LogP contribution in [0.15, 0.2) is 35.3 Å². The van der Waals surface area contributed by atoms with Crippen molar-refractivity contribution in [3.63, 3.8) is 0 Å². The van der Waals surface area contributed by atoms with Crippen LogP contribution in [-0.2, 0) is 18.3 Å². The first-order chi connectivity index (χ1) is 11.6. The Bertz CT molecular complexity index is 990. The minimum Gasteiger partial charge on any atom is -0.344 e. The molecule has 3 heterocycles. The van der Waals surface area contributed by atoms with E-state index in [0.717, 1.165) is 17.7 Å². The predicted octanol–water partition coefficient (Wildman–Crippen LogP) is 1.02. The van der Waals surface area contributed by atoms with Gasteiger partial charge in [0.05, 0.1) is 6.20 Å². The third-order valence-corrected chi connectivity index (χ3v) is 4.21. The Balaban J connectivity index is 1.63. The van der Waals surface area contributed by atoms with Crippen LogP contribution in [0.3, 0.4) is 0 Å². The first-order valence-corrected chi connectivity index (χ1v) is 7.69. The average Bonchev–Trinajstić information content (AvgIpc) is 2.86. The van der Waals surface area contributed by atoms with Gasteiger partial charge in [-0.05, 0) is 24.5 Å². The van der Waals surface area contributed by atoms with E-state index in [0.29, 0.717) is 17.5 Å². The van der Waals surface area contributed by atoms with E-state index in [4.69, 9.17) is 0 Å². The lowest BCUT2D eigenvalue weighted by Crippen LogP contribution is -2.34. The Kier molecular flexibility index (Phi) is 3.30. The maximum atomic E-state index is 12.4. The molecule has 0 aliphatic carbocycles. The summed E-state index contributed by atoms with van der Waals surface area (Å²) in [5.74, 6) is 0.120. The lowest BCUT2D eigenvalue weighted by molar-refractivity contribution is -0.116. The number of para-hydroxylation sites is 1. The second kappa shape index (κ2) is 5.48. The van der Waals surface area contributed by atoms with Crippen molar-refractivity contribution in [1.29, 1.82) is 0 Å². The van der Waals surface area contributed by atoms with Crippen LogP contribution in [0.5, 0.6) is 0 Å². The number of carbonyl (C=O) groups excluding carboxylic acids is 1. The molecule has 1 aliphatic rings. The lowest BCUT2D eigenvalue weighted by atomic mass is 10.1. The fraction of sp³-hybridized carbons (Fsp3) is 0.250. The molecule has 4 rings (SSSR count). The van der Waals surface area contributed by atoms with Gasteiger partial charge in [-0.2, -0.15) is 10.1 Å². The number of hydrogen-bond donors (Lipinski definition) is 3. The molecule has 122 valence electrons. The molecule has 0 spiro atoms. The summed E-state index contributed by atoms with van der Waals surface area (Å²) in [6.07, 6.45) is 2.83. The lowest BCUT2D eigenvalue weighted by Gasteiger charge is -2.15. The summed E-state index contributed by atoms with van der Waals surface area (Å²) in [6.45, 7) is 0. The highest BCUT2D eigenvalue weighted by atomic mass is 16.2. The third-order valence-electron chi connectivity index (χ3n) is 4.21. The SMILES string of the molecule is Cn1ncc2c(=O)[nH]c(NC3CCc4ccccc4NC3=O)nc21. The highest BCUT2D eigenvalue weighted by Gasteiger charge is 2.24. The van der Waals surface area contributed by atoms with Crippen molar-refractivity contribution in [2.45, 2.75) is 18.9 Å². The maximum absolute atomic E-state index is 12.4. The number of H-pyrrole nitrogens is 1. The standard InChI is InChI=1S/C16H16N6O2/c1-22-13-10(8-17-22)14(23)21-16(20-13)19-12-7-6-9-4-2-3-5-11(9)18-15(12)24/h2-5,8,12H,6-7H2,1H3,(H,18,24)(H2,19,20,21,23). The number of fused-ring (bicyclic) bond motifs is 2. The Morgan fingerprint density at radius 1 is 1.29 bits per heavy atom. The van der Waals surface area contributed by atoms with Crippen molar-refractivity contribution in [3.05, 3.63) is 46.4 Å². The van der Waals surface area contributed by atoms with Gasteiger partial charge in [-0.15, -0.1) is 0 Å². The number of amides is 1. The van der Waals surface area contributed by atoms with Gasteiger partial charge in [0.15, 0.2) is 5.65 Å². The van der Waals surface area contributed by atoms with Gasteiger partial charge in [0.1, 0.15) is 11.4 Å². The molecule has 2 aromatic heterocycles. The first kappa shape index (κ1) is 14.4. The Hall–Kier alpha value is -3.16. The van der Waals surface area contributed by atoms with Crippen LogP contribution in [0.25, 0.3) is 11.0 Å². The summed E-state index contributed by atoms with van der Waals surface area (Å²) in [5, 5.41) is 10.4. The second-order valence-electron chi connectivity index (χ2n) is 5.80. The van der Waals surface area contributed by atoms with Gasteiger partial charge in [0.2, 0.25) is 11.9 Å².